The number of carboxylic acid groups (broad SMARTS) is 1. The number of amides is 1. The molecule has 0 saturated carbocycles. The van der Waals surface area contributed by atoms with E-state index in [-0.39, 0.29) is 0 Å². The molecule has 0 radical (unpaired) electrons. The number of fused-ring (bicyclic) bond motifs is 2. The maximum atomic E-state index is 12.3. The molecule has 0 aliphatic carbocycles. The third kappa shape index (κ3) is 5.36. The van der Waals surface area contributed by atoms with E-state index in [9.17, 15) is 14.7 Å². The number of aromatic nitrogens is 3. The summed E-state index contributed by atoms with van der Waals surface area (Å²) in [6.45, 7) is 2.94. The van der Waals surface area contributed by atoms with Crippen LogP contribution >= 0.6 is 0 Å². The number of esters is 1. The highest BCUT2D eigenvalue weighted by molar-refractivity contribution is 5.95. The van der Waals surface area contributed by atoms with Crippen LogP contribution in [0.1, 0.15) is 30.2 Å². The molecule has 1 N–H and O–H groups in total. The van der Waals surface area contributed by atoms with Crippen LogP contribution in [-0.4, -0.2) is 51.5 Å². The monoisotopic (exact) mass is 512 g/mol. The second kappa shape index (κ2) is 11.2. The van der Waals surface area contributed by atoms with E-state index < -0.39 is 12.1 Å². The van der Waals surface area contributed by atoms with E-state index in [1.807, 2.05) is 59.3 Å². The lowest BCUT2D eigenvalue weighted by molar-refractivity contribution is -0.137. The number of benzene rings is 1. The van der Waals surface area contributed by atoms with Crippen LogP contribution in [0.3, 0.4) is 0 Å². The lowest BCUT2D eigenvalue weighted by Crippen LogP contribution is -2.35. The summed E-state index contributed by atoms with van der Waals surface area (Å²) >= 11 is 0. The van der Waals surface area contributed by atoms with Crippen LogP contribution < -0.4 is 9.64 Å². The molecule has 4 heterocycles. The average molecular weight is 513 g/mol. The zero-order valence-corrected chi connectivity index (χ0v) is 21.0. The predicted molar refractivity (Wildman–Crippen MR) is 143 cm³/mol. The number of carbonyl (C=O) groups is 2. The van der Waals surface area contributed by atoms with Crippen LogP contribution in [0.15, 0.2) is 73.2 Å². The molecule has 194 valence electrons. The van der Waals surface area contributed by atoms with Gasteiger partial charge in [0.1, 0.15) is 11.6 Å². The number of pyridine rings is 2. The third-order valence-electron chi connectivity index (χ3n) is 6.39. The van der Waals surface area contributed by atoms with Gasteiger partial charge in [0.25, 0.3) is 0 Å². The molecule has 5 rings (SSSR count). The van der Waals surface area contributed by atoms with Gasteiger partial charge in [-0.05, 0) is 67.8 Å². The Morgan fingerprint density at radius 2 is 1.95 bits per heavy atom. The minimum atomic E-state index is -0.976. The van der Waals surface area contributed by atoms with Crippen molar-refractivity contribution in [1.82, 2.24) is 14.5 Å². The quantitative estimate of drug-likeness (QED) is 0.263. The van der Waals surface area contributed by atoms with Crippen LogP contribution in [0.5, 0.6) is 5.75 Å². The van der Waals surface area contributed by atoms with Crippen LogP contribution in [0.4, 0.5) is 10.6 Å². The maximum absolute atomic E-state index is 12.3. The largest absolute Gasteiger partial charge is 0.493 e. The SMILES string of the molecule is CCOC(=O)/C=C(\c1ccncc1)n1ccc2cc(OCCc3ccc4c(n3)N(C(=O)O)CCC4)ccc21. The molecule has 3 aromatic heterocycles. The van der Waals surface area contributed by atoms with Crippen LogP contribution in [0.25, 0.3) is 16.6 Å². The maximum Gasteiger partial charge on any atom is 0.413 e. The number of anilines is 1. The van der Waals surface area contributed by atoms with E-state index in [1.165, 1.54) is 11.0 Å². The summed E-state index contributed by atoms with van der Waals surface area (Å²) < 4.78 is 13.1. The van der Waals surface area contributed by atoms with Gasteiger partial charge in [0, 0.05) is 54.3 Å². The second-order valence-corrected chi connectivity index (χ2v) is 8.85. The summed E-state index contributed by atoms with van der Waals surface area (Å²) in [6, 6.07) is 15.4. The Hall–Kier alpha value is -4.66. The molecule has 1 amide bonds. The topological polar surface area (TPSA) is 107 Å². The Balaban J connectivity index is 1.32. The summed E-state index contributed by atoms with van der Waals surface area (Å²) in [6.07, 6.45) is 7.97. The van der Waals surface area contributed by atoms with E-state index in [2.05, 4.69) is 9.97 Å². The molecule has 0 spiro atoms. The van der Waals surface area contributed by atoms with E-state index in [0.717, 1.165) is 40.6 Å². The number of hydrogen-bond acceptors (Lipinski definition) is 6. The zero-order valence-electron chi connectivity index (χ0n) is 21.0. The molecule has 0 bridgehead atoms. The van der Waals surface area contributed by atoms with Crippen LogP contribution in [-0.2, 0) is 22.4 Å². The van der Waals surface area contributed by atoms with Crippen molar-refractivity contribution >= 4 is 34.5 Å². The molecule has 0 atom stereocenters. The fourth-order valence-corrected chi connectivity index (χ4v) is 4.61. The fraction of sp³-hybridized carbons (Fsp3) is 0.241. The first-order valence-corrected chi connectivity index (χ1v) is 12.6. The van der Waals surface area contributed by atoms with Gasteiger partial charge in [0.05, 0.1) is 24.4 Å². The highest BCUT2D eigenvalue weighted by Gasteiger charge is 2.23. The molecular formula is C29H28N4O5. The Labute approximate surface area is 220 Å². The summed E-state index contributed by atoms with van der Waals surface area (Å²) in [7, 11) is 0. The molecule has 4 aromatic rings. The molecule has 0 unspecified atom stereocenters. The molecule has 0 saturated heterocycles. The van der Waals surface area contributed by atoms with Crippen molar-refractivity contribution in [3.8, 4) is 5.75 Å². The first-order chi connectivity index (χ1) is 18.5. The van der Waals surface area contributed by atoms with Crippen molar-refractivity contribution in [2.24, 2.45) is 0 Å². The molecule has 1 aliphatic heterocycles. The molecule has 9 heteroatoms. The van der Waals surface area contributed by atoms with Gasteiger partial charge in [0.2, 0.25) is 0 Å². The van der Waals surface area contributed by atoms with Gasteiger partial charge < -0.3 is 19.1 Å². The summed E-state index contributed by atoms with van der Waals surface area (Å²) in [4.78, 5) is 33.9. The molecule has 38 heavy (non-hydrogen) atoms. The number of ether oxygens (including phenoxy) is 2. The van der Waals surface area contributed by atoms with Crippen molar-refractivity contribution in [3.63, 3.8) is 0 Å². The van der Waals surface area contributed by atoms with Crippen molar-refractivity contribution in [2.75, 3.05) is 24.7 Å². The Morgan fingerprint density at radius 3 is 2.74 bits per heavy atom. The van der Waals surface area contributed by atoms with Gasteiger partial charge in [0.15, 0.2) is 0 Å². The van der Waals surface area contributed by atoms with E-state index in [4.69, 9.17) is 9.47 Å². The Morgan fingerprint density at radius 1 is 1.11 bits per heavy atom. The number of carbonyl (C=O) groups excluding carboxylic acids is 1. The minimum Gasteiger partial charge on any atom is -0.493 e. The minimum absolute atomic E-state index is 0.297. The Kier molecular flexibility index (Phi) is 7.35. The van der Waals surface area contributed by atoms with E-state index in [0.29, 0.717) is 43.4 Å². The van der Waals surface area contributed by atoms with Gasteiger partial charge in [-0.1, -0.05) is 6.07 Å². The fourth-order valence-electron chi connectivity index (χ4n) is 4.61. The van der Waals surface area contributed by atoms with Crippen molar-refractivity contribution in [1.29, 1.82) is 0 Å². The molecule has 1 aliphatic rings. The summed E-state index contributed by atoms with van der Waals surface area (Å²) in [5, 5.41) is 10.4. The summed E-state index contributed by atoms with van der Waals surface area (Å²) in [5.41, 5.74) is 4.18. The third-order valence-corrected chi connectivity index (χ3v) is 6.39. The van der Waals surface area contributed by atoms with E-state index >= 15 is 0 Å². The molecule has 9 nitrogen and oxygen atoms in total. The lowest BCUT2D eigenvalue weighted by atomic mass is 10.1. The average Bonchev–Trinajstić information content (AvgIpc) is 3.35. The van der Waals surface area contributed by atoms with Gasteiger partial charge in [-0.3, -0.25) is 9.88 Å². The number of aryl methyl sites for hydroxylation is 1. The molecular weight excluding hydrogens is 484 g/mol. The van der Waals surface area contributed by atoms with Crippen LogP contribution in [0.2, 0.25) is 0 Å². The molecule has 0 fully saturated rings. The first kappa shape index (κ1) is 25.0. The number of hydrogen-bond donors (Lipinski definition) is 1. The van der Waals surface area contributed by atoms with Gasteiger partial charge >= 0.3 is 12.1 Å². The molecule has 1 aromatic carbocycles. The lowest BCUT2D eigenvalue weighted by Gasteiger charge is -2.26. The Bertz CT molecular complexity index is 1500. The summed E-state index contributed by atoms with van der Waals surface area (Å²) in [5.74, 6) is 0.827. The normalized spacial score (nSPS) is 13.3. The van der Waals surface area contributed by atoms with Gasteiger partial charge in [-0.15, -0.1) is 0 Å². The van der Waals surface area contributed by atoms with Crippen LogP contribution in [0, 0.1) is 0 Å². The predicted octanol–water partition coefficient (Wildman–Crippen LogP) is 4.94. The number of rotatable bonds is 8. The first-order valence-electron chi connectivity index (χ1n) is 12.6. The van der Waals surface area contributed by atoms with Crippen molar-refractivity contribution in [2.45, 2.75) is 26.2 Å². The standard InChI is InChI=1S/C29H28N4O5/c1-2-37-27(34)19-26(20-9-13-30-14-10-20)32-16-11-22-18-24(7-8-25(22)32)38-17-12-23-6-5-21-4-3-15-33(29(35)36)28(21)31-23/h5-11,13-14,16,18-19H,2-4,12,15,17H2,1H3,(H,35,36)/b26-19+. The van der Waals surface area contributed by atoms with Crippen molar-refractivity contribution in [3.05, 3.63) is 90.0 Å². The van der Waals surface area contributed by atoms with Crippen molar-refractivity contribution < 1.29 is 24.2 Å². The van der Waals surface area contributed by atoms with Gasteiger partial charge in [-0.2, -0.15) is 0 Å². The zero-order chi connectivity index (χ0) is 26.5. The number of nitrogens with zero attached hydrogens (tertiary/aromatic N) is 4. The van der Waals surface area contributed by atoms with Gasteiger partial charge in [-0.25, -0.2) is 14.6 Å². The highest BCUT2D eigenvalue weighted by atomic mass is 16.5. The highest BCUT2D eigenvalue weighted by Crippen LogP contribution is 2.28. The second-order valence-electron chi connectivity index (χ2n) is 8.85. The van der Waals surface area contributed by atoms with E-state index in [1.54, 1.807) is 19.3 Å². The smallest absolute Gasteiger partial charge is 0.413 e.